The third-order valence-electron chi connectivity index (χ3n) is 4.68. The molecule has 0 spiro atoms. The minimum absolute atomic E-state index is 0.0161. The lowest BCUT2D eigenvalue weighted by Gasteiger charge is -2.10. The fraction of sp³-hybridized carbons (Fsp3) is 0.174. The molecule has 0 radical (unpaired) electrons. The van der Waals surface area contributed by atoms with Gasteiger partial charge in [0.05, 0.1) is 4.90 Å². The Kier molecular flexibility index (Phi) is 7.66. The number of sulfonamides is 1. The number of benzene rings is 3. The minimum Gasteiger partial charge on any atom is -0.352 e. The Morgan fingerprint density at radius 2 is 1.50 bits per heavy atom. The van der Waals surface area contributed by atoms with Crippen molar-refractivity contribution in [1.29, 1.82) is 0 Å². The molecule has 0 fully saturated rings. The third kappa shape index (κ3) is 6.66. The van der Waals surface area contributed by atoms with Gasteiger partial charge >= 0.3 is 0 Å². The summed E-state index contributed by atoms with van der Waals surface area (Å²) in [5.41, 5.74) is 1.55. The van der Waals surface area contributed by atoms with Crippen LogP contribution in [0, 0.1) is 17.5 Å². The topological polar surface area (TPSA) is 75.3 Å². The second-order valence-corrected chi connectivity index (χ2v) is 8.89. The fourth-order valence-corrected chi connectivity index (χ4v) is 4.06. The molecule has 0 unspecified atom stereocenters. The molecule has 168 valence electrons. The molecular formula is C23H21F3N2O3S. The maximum Gasteiger partial charge on any atom is 0.240 e. The van der Waals surface area contributed by atoms with E-state index in [0.29, 0.717) is 16.7 Å². The van der Waals surface area contributed by atoms with E-state index < -0.39 is 27.5 Å². The fourth-order valence-electron chi connectivity index (χ4n) is 2.97. The number of amides is 1. The van der Waals surface area contributed by atoms with Gasteiger partial charge in [-0.1, -0.05) is 30.3 Å². The van der Waals surface area contributed by atoms with Crippen LogP contribution in [-0.4, -0.2) is 14.3 Å². The van der Waals surface area contributed by atoms with Gasteiger partial charge in [-0.05, 0) is 59.5 Å². The van der Waals surface area contributed by atoms with E-state index >= 15 is 0 Å². The van der Waals surface area contributed by atoms with Crippen LogP contribution in [0.3, 0.4) is 0 Å². The van der Waals surface area contributed by atoms with E-state index in [1.54, 1.807) is 18.2 Å². The molecule has 3 aromatic rings. The summed E-state index contributed by atoms with van der Waals surface area (Å²) in [7, 11) is -3.84. The van der Waals surface area contributed by atoms with Crippen molar-refractivity contribution in [3.8, 4) is 0 Å². The lowest BCUT2D eigenvalue weighted by molar-refractivity contribution is -0.121. The van der Waals surface area contributed by atoms with Gasteiger partial charge in [0, 0.05) is 19.5 Å². The van der Waals surface area contributed by atoms with E-state index in [9.17, 15) is 26.4 Å². The molecule has 3 aromatic carbocycles. The first kappa shape index (κ1) is 23.5. The quantitative estimate of drug-likeness (QED) is 0.508. The highest BCUT2D eigenvalue weighted by molar-refractivity contribution is 7.89. The molecule has 0 aliphatic heterocycles. The number of carbonyl (C=O) groups excluding carboxylic acids is 1. The van der Waals surface area contributed by atoms with Gasteiger partial charge in [-0.3, -0.25) is 4.79 Å². The Bertz CT molecular complexity index is 1220. The normalized spacial score (nSPS) is 11.3. The summed E-state index contributed by atoms with van der Waals surface area (Å²) in [4.78, 5) is 12.1. The van der Waals surface area contributed by atoms with Gasteiger partial charge in [-0.25, -0.2) is 26.3 Å². The average Bonchev–Trinajstić information content (AvgIpc) is 2.77. The molecule has 0 heterocycles. The van der Waals surface area contributed by atoms with E-state index in [4.69, 9.17) is 0 Å². The molecule has 0 atom stereocenters. The van der Waals surface area contributed by atoms with Crippen molar-refractivity contribution < 1.29 is 26.4 Å². The zero-order valence-corrected chi connectivity index (χ0v) is 17.8. The van der Waals surface area contributed by atoms with Crippen molar-refractivity contribution in [2.24, 2.45) is 0 Å². The maximum atomic E-state index is 13.3. The van der Waals surface area contributed by atoms with Crippen molar-refractivity contribution in [3.05, 3.63) is 101 Å². The van der Waals surface area contributed by atoms with Crippen LogP contribution in [0.25, 0.3) is 0 Å². The van der Waals surface area contributed by atoms with Gasteiger partial charge in [0.2, 0.25) is 15.9 Å². The zero-order chi connectivity index (χ0) is 23.1. The highest BCUT2D eigenvalue weighted by atomic mass is 32.2. The largest absolute Gasteiger partial charge is 0.352 e. The summed E-state index contributed by atoms with van der Waals surface area (Å²) in [6.45, 7) is 0.0366. The molecule has 0 bridgehead atoms. The average molecular weight is 462 g/mol. The Morgan fingerprint density at radius 3 is 2.22 bits per heavy atom. The van der Waals surface area contributed by atoms with Gasteiger partial charge in [-0.15, -0.1) is 0 Å². The molecule has 0 aliphatic rings. The first-order valence-corrected chi connectivity index (χ1v) is 11.2. The highest BCUT2D eigenvalue weighted by Crippen LogP contribution is 2.14. The molecule has 2 N–H and O–H groups in total. The van der Waals surface area contributed by atoms with Crippen LogP contribution in [0.5, 0.6) is 0 Å². The van der Waals surface area contributed by atoms with Crippen molar-refractivity contribution in [2.45, 2.75) is 30.8 Å². The molecule has 0 aliphatic carbocycles. The van der Waals surface area contributed by atoms with E-state index in [-0.39, 0.29) is 36.7 Å². The molecule has 9 heteroatoms. The van der Waals surface area contributed by atoms with Gasteiger partial charge < -0.3 is 5.32 Å². The van der Waals surface area contributed by atoms with Crippen molar-refractivity contribution >= 4 is 15.9 Å². The van der Waals surface area contributed by atoms with E-state index in [2.05, 4.69) is 10.0 Å². The van der Waals surface area contributed by atoms with E-state index in [1.807, 2.05) is 0 Å². The molecule has 0 saturated heterocycles. The molecule has 0 saturated carbocycles. The zero-order valence-electron chi connectivity index (χ0n) is 16.9. The lowest BCUT2D eigenvalue weighted by atomic mass is 10.1. The molecule has 0 aromatic heterocycles. The van der Waals surface area contributed by atoms with Gasteiger partial charge in [0.15, 0.2) is 11.6 Å². The number of halogens is 3. The summed E-state index contributed by atoms with van der Waals surface area (Å²) in [5, 5.41) is 2.67. The molecular weight excluding hydrogens is 441 g/mol. The van der Waals surface area contributed by atoms with Crippen LogP contribution in [0.2, 0.25) is 0 Å². The summed E-state index contributed by atoms with van der Waals surface area (Å²) < 4.78 is 66.9. The molecule has 1 amide bonds. The standard InChI is InChI=1S/C23H21F3N2O3S/c24-19-5-1-3-17(11-19)15-28-32(30,31)20-6-2-4-18(12-20)14-27-23(29)10-8-16-7-9-21(25)22(26)13-16/h1-7,9,11-13,28H,8,10,14-15H2,(H,27,29). The summed E-state index contributed by atoms with van der Waals surface area (Å²) in [6.07, 6.45) is 0.305. The second-order valence-electron chi connectivity index (χ2n) is 7.13. The predicted octanol–water partition coefficient (Wildman–Crippen LogP) is 3.83. The third-order valence-corrected chi connectivity index (χ3v) is 6.08. The number of nitrogens with one attached hydrogen (secondary N) is 2. The number of hydrogen-bond donors (Lipinski definition) is 2. The van der Waals surface area contributed by atoms with E-state index in [0.717, 1.165) is 12.1 Å². The minimum atomic E-state index is -3.84. The summed E-state index contributed by atoms with van der Waals surface area (Å²) in [6, 6.07) is 15.2. The van der Waals surface area contributed by atoms with Gasteiger partial charge in [-0.2, -0.15) is 0 Å². The Morgan fingerprint density at radius 1 is 0.781 bits per heavy atom. The van der Waals surface area contributed by atoms with Gasteiger partial charge in [0.25, 0.3) is 0 Å². The number of rotatable bonds is 9. The van der Waals surface area contributed by atoms with Crippen LogP contribution in [-0.2, 0) is 34.3 Å². The lowest BCUT2D eigenvalue weighted by Crippen LogP contribution is -2.25. The van der Waals surface area contributed by atoms with Crippen LogP contribution >= 0.6 is 0 Å². The summed E-state index contributed by atoms with van der Waals surface area (Å²) >= 11 is 0. The number of aryl methyl sites for hydroxylation is 1. The monoisotopic (exact) mass is 462 g/mol. The highest BCUT2D eigenvalue weighted by Gasteiger charge is 2.14. The predicted molar refractivity (Wildman–Crippen MR) is 113 cm³/mol. The van der Waals surface area contributed by atoms with Gasteiger partial charge in [0.1, 0.15) is 5.82 Å². The Balaban J connectivity index is 1.54. The summed E-state index contributed by atoms with van der Waals surface area (Å²) in [5.74, 6) is -2.68. The van der Waals surface area contributed by atoms with Crippen molar-refractivity contribution in [3.63, 3.8) is 0 Å². The van der Waals surface area contributed by atoms with Crippen LogP contribution < -0.4 is 10.0 Å². The second kappa shape index (κ2) is 10.4. The van der Waals surface area contributed by atoms with Crippen LogP contribution in [0.4, 0.5) is 13.2 Å². The molecule has 5 nitrogen and oxygen atoms in total. The molecule has 32 heavy (non-hydrogen) atoms. The SMILES string of the molecule is O=C(CCc1ccc(F)c(F)c1)NCc1cccc(S(=O)(=O)NCc2cccc(F)c2)c1. The first-order valence-electron chi connectivity index (χ1n) is 9.76. The smallest absolute Gasteiger partial charge is 0.240 e. The van der Waals surface area contributed by atoms with E-state index in [1.165, 1.54) is 36.4 Å². The van der Waals surface area contributed by atoms with Crippen LogP contribution in [0.1, 0.15) is 23.1 Å². The number of hydrogen-bond acceptors (Lipinski definition) is 3. The Labute approximate surface area is 184 Å². The number of carbonyl (C=O) groups is 1. The first-order chi connectivity index (χ1) is 15.2. The Hall–Kier alpha value is -3.17. The van der Waals surface area contributed by atoms with Crippen molar-refractivity contribution in [2.75, 3.05) is 0 Å². The van der Waals surface area contributed by atoms with Crippen LogP contribution in [0.15, 0.2) is 71.6 Å². The van der Waals surface area contributed by atoms with Crippen molar-refractivity contribution in [1.82, 2.24) is 10.0 Å². The molecule has 3 rings (SSSR count). The maximum absolute atomic E-state index is 13.3.